The smallest absolute Gasteiger partial charge is 0.339 e. The monoisotopic (exact) mass is 424 g/mol. The van der Waals surface area contributed by atoms with E-state index in [-0.39, 0.29) is 34.1 Å². The number of sulfonamides is 1. The van der Waals surface area contributed by atoms with Crippen molar-refractivity contribution in [2.75, 3.05) is 15.4 Å². The Morgan fingerprint density at radius 3 is 2.46 bits per heavy atom. The van der Waals surface area contributed by atoms with Crippen LogP contribution in [0, 0.1) is 0 Å². The highest BCUT2D eigenvalue weighted by atomic mass is 35.5. The summed E-state index contributed by atoms with van der Waals surface area (Å²) in [5, 5.41) is 21.0. The van der Waals surface area contributed by atoms with Crippen LogP contribution in [-0.2, 0) is 14.8 Å². The molecule has 1 saturated heterocycles. The molecule has 11 heteroatoms. The molecule has 146 valence electrons. The van der Waals surface area contributed by atoms with Crippen molar-refractivity contribution in [3.8, 4) is 5.75 Å². The van der Waals surface area contributed by atoms with Crippen LogP contribution < -0.4 is 9.62 Å². The molecule has 2 amide bonds. The van der Waals surface area contributed by atoms with E-state index in [1.54, 1.807) is 0 Å². The van der Waals surface area contributed by atoms with Gasteiger partial charge in [0.05, 0.1) is 16.5 Å². The first-order valence-electron chi connectivity index (χ1n) is 7.83. The molecule has 0 spiro atoms. The van der Waals surface area contributed by atoms with Gasteiger partial charge in [-0.1, -0.05) is 11.6 Å². The summed E-state index contributed by atoms with van der Waals surface area (Å²) in [6.45, 7) is 0. The molecule has 1 aliphatic rings. The Hall–Kier alpha value is -3.11. The summed E-state index contributed by atoms with van der Waals surface area (Å²) in [5.74, 6) is -3.52. The van der Waals surface area contributed by atoms with Gasteiger partial charge in [0, 0.05) is 17.7 Å². The summed E-state index contributed by atoms with van der Waals surface area (Å²) in [7, 11) is -3.86. The maximum Gasteiger partial charge on any atom is 0.339 e. The van der Waals surface area contributed by atoms with E-state index in [0.717, 1.165) is 18.2 Å². The van der Waals surface area contributed by atoms with Crippen LogP contribution in [0.25, 0.3) is 0 Å². The molecule has 1 fully saturated rings. The first-order chi connectivity index (χ1) is 13.1. The van der Waals surface area contributed by atoms with Crippen LogP contribution in [0.1, 0.15) is 27.1 Å². The molecule has 0 aromatic heterocycles. The van der Waals surface area contributed by atoms with Gasteiger partial charge < -0.3 is 15.5 Å². The number of hydrogen-bond acceptors (Lipinski definition) is 6. The number of carboxylic acid groups (broad SMARTS) is 1. The van der Waals surface area contributed by atoms with Gasteiger partial charge in [0.2, 0.25) is 15.9 Å². The Labute approximate surface area is 164 Å². The van der Waals surface area contributed by atoms with Gasteiger partial charge in [0.25, 0.3) is 5.91 Å². The summed E-state index contributed by atoms with van der Waals surface area (Å²) in [5.41, 5.74) is -0.432. The van der Waals surface area contributed by atoms with Gasteiger partial charge in [-0.2, -0.15) is 0 Å². The van der Waals surface area contributed by atoms with Crippen LogP contribution in [0.4, 0.5) is 11.4 Å². The third-order valence-electron chi connectivity index (χ3n) is 3.99. The van der Waals surface area contributed by atoms with Crippen LogP contribution in [-0.4, -0.2) is 42.2 Å². The molecule has 2 aromatic carbocycles. The quantitative estimate of drug-likeness (QED) is 0.638. The van der Waals surface area contributed by atoms with Crippen molar-refractivity contribution in [1.82, 2.24) is 0 Å². The first kappa shape index (κ1) is 19.6. The Bertz CT molecular complexity index is 1110. The van der Waals surface area contributed by atoms with Crippen molar-refractivity contribution < 1.29 is 33.0 Å². The first-order valence-corrected chi connectivity index (χ1v) is 9.82. The second-order valence-corrected chi connectivity index (χ2v) is 8.23. The van der Waals surface area contributed by atoms with Gasteiger partial charge in [-0.05, 0) is 36.4 Å². The molecule has 0 aliphatic carbocycles. The van der Waals surface area contributed by atoms with Gasteiger partial charge in [0.1, 0.15) is 11.3 Å². The Balaban J connectivity index is 1.93. The molecule has 1 heterocycles. The van der Waals surface area contributed by atoms with E-state index in [1.165, 1.54) is 18.2 Å². The fraction of sp³-hybridized carbons (Fsp3) is 0.118. The number of carbonyl (C=O) groups excluding carboxylic acids is 2. The summed E-state index contributed by atoms with van der Waals surface area (Å²) < 4.78 is 24.8. The minimum absolute atomic E-state index is 0.000694. The molecule has 0 bridgehead atoms. The van der Waals surface area contributed by atoms with Crippen molar-refractivity contribution in [2.45, 2.75) is 6.42 Å². The van der Waals surface area contributed by atoms with E-state index in [1.807, 2.05) is 0 Å². The molecule has 0 atom stereocenters. The molecule has 9 nitrogen and oxygen atoms in total. The summed E-state index contributed by atoms with van der Waals surface area (Å²) in [6.07, 6.45) is -0.180. The highest BCUT2D eigenvalue weighted by molar-refractivity contribution is 7.94. The van der Waals surface area contributed by atoms with Gasteiger partial charge >= 0.3 is 5.97 Å². The lowest BCUT2D eigenvalue weighted by molar-refractivity contribution is -0.116. The minimum atomic E-state index is -3.86. The lowest BCUT2D eigenvalue weighted by Crippen LogP contribution is -2.29. The zero-order valence-electron chi connectivity index (χ0n) is 14.0. The van der Waals surface area contributed by atoms with Gasteiger partial charge in [0.15, 0.2) is 0 Å². The lowest BCUT2D eigenvalue weighted by Gasteiger charge is -2.17. The highest BCUT2D eigenvalue weighted by Gasteiger charge is 2.37. The number of nitrogens with one attached hydrogen (secondary N) is 1. The van der Waals surface area contributed by atoms with Gasteiger partial charge in [-0.3, -0.25) is 9.59 Å². The maximum absolute atomic E-state index is 12.5. The minimum Gasteiger partial charge on any atom is -0.507 e. The second kappa shape index (κ2) is 7.13. The molecule has 1 aliphatic heterocycles. The lowest BCUT2D eigenvalue weighted by atomic mass is 10.1. The predicted molar refractivity (Wildman–Crippen MR) is 100 cm³/mol. The molecule has 3 rings (SSSR count). The number of carboxylic acids is 1. The van der Waals surface area contributed by atoms with Crippen molar-refractivity contribution in [1.29, 1.82) is 0 Å². The third kappa shape index (κ3) is 3.64. The number of rotatable bonds is 4. The number of hydrogen-bond donors (Lipinski definition) is 3. The summed E-state index contributed by atoms with van der Waals surface area (Å²) >= 11 is 6.02. The zero-order chi connectivity index (χ0) is 20.6. The van der Waals surface area contributed by atoms with Crippen molar-refractivity contribution in [3.63, 3.8) is 0 Å². The van der Waals surface area contributed by atoms with E-state index < -0.39 is 39.1 Å². The maximum atomic E-state index is 12.5. The fourth-order valence-electron chi connectivity index (χ4n) is 2.65. The topological polar surface area (TPSA) is 141 Å². The molecular weight excluding hydrogens is 412 g/mol. The average molecular weight is 425 g/mol. The zero-order valence-corrected chi connectivity index (χ0v) is 15.6. The van der Waals surface area contributed by atoms with E-state index in [2.05, 4.69) is 5.32 Å². The number of amides is 2. The average Bonchev–Trinajstić information content (AvgIpc) is 2.89. The molecule has 2 aromatic rings. The van der Waals surface area contributed by atoms with Gasteiger partial charge in [-0.25, -0.2) is 17.5 Å². The van der Waals surface area contributed by atoms with Crippen LogP contribution in [0.3, 0.4) is 0 Å². The third-order valence-corrected chi connectivity index (χ3v) is 5.99. The molecule has 28 heavy (non-hydrogen) atoms. The van der Waals surface area contributed by atoms with Crippen LogP contribution in [0.5, 0.6) is 5.75 Å². The summed E-state index contributed by atoms with van der Waals surface area (Å²) in [4.78, 5) is 35.5. The molecule has 0 unspecified atom stereocenters. The number of halogens is 1. The Kier molecular flexibility index (Phi) is 5.01. The SMILES string of the molecule is O=C(Nc1ccc(O)c(C(=O)O)c1)c1ccc(Cl)c(N2C(=O)CCS2(=O)=O)c1. The normalized spacial score (nSPS) is 15.5. The largest absolute Gasteiger partial charge is 0.507 e. The molecular formula is C17H13ClN2O7S. The number of aromatic carboxylic acids is 1. The molecule has 0 radical (unpaired) electrons. The summed E-state index contributed by atoms with van der Waals surface area (Å²) in [6, 6.07) is 7.25. The van der Waals surface area contributed by atoms with Crippen LogP contribution >= 0.6 is 11.6 Å². The van der Waals surface area contributed by atoms with Crippen molar-refractivity contribution in [3.05, 3.63) is 52.5 Å². The van der Waals surface area contributed by atoms with E-state index >= 15 is 0 Å². The number of anilines is 2. The highest BCUT2D eigenvalue weighted by Crippen LogP contribution is 2.33. The van der Waals surface area contributed by atoms with Crippen LogP contribution in [0.2, 0.25) is 5.02 Å². The predicted octanol–water partition coefficient (Wildman–Crippen LogP) is 2.06. The molecule has 3 N–H and O–H groups in total. The Morgan fingerprint density at radius 1 is 1.14 bits per heavy atom. The Morgan fingerprint density at radius 2 is 1.86 bits per heavy atom. The number of benzene rings is 2. The number of aromatic hydroxyl groups is 1. The second-order valence-electron chi connectivity index (χ2n) is 5.88. The number of carbonyl (C=O) groups is 3. The van der Waals surface area contributed by atoms with E-state index in [4.69, 9.17) is 16.7 Å². The standard InChI is InChI=1S/C17H13ClN2O7S/c18-12-3-1-9(7-13(12)20-15(22)5-6-28(20,26)27)16(23)19-10-2-4-14(21)11(8-10)17(24)25/h1-4,7-8,21H,5-6H2,(H,19,23)(H,24,25). The number of nitrogens with zero attached hydrogens (tertiary/aromatic N) is 1. The van der Waals surface area contributed by atoms with E-state index in [0.29, 0.717) is 4.31 Å². The van der Waals surface area contributed by atoms with E-state index in [9.17, 15) is 27.9 Å². The molecule has 0 saturated carbocycles. The van der Waals surface area contributed by atoms with Crippen molar-refractivity contribution >= 4 is 50.8 Å². The van der Waals surface area contributed by atoms with Gasteiger partial charge in [-0.15, -0.1) is 0 Å². The fourth-order valence-corrected chi connectivity index (χ4v) is 4.37. The van der Waals surface area contributed by atoms with Crippen molar-refractivity contribution in [2.24, 2.45) is 0 Å². The van der Waals surface area contributed by atoms with Crippen LogP contribution in [0.15, 0.2) is 36.4 Å². The number of phenols is 1.